The fraction of sp³-hybridized carbons (Fsp3) is 0.381. The Morgan fingerprint density at radius 2 is 1.64 bits per heavy atom. The first-order chi connectivity index (χ1) is 13.7. The van der Waals surface area contributed by atoms with Gasteiger partial charge < -0.3 is 20.4 Å². The van der Waals surface area contributed by atoms with E-state index in [0.717, 1.165) is 44.0 Å². The lowest BCUT2D eigenvalue weighted by Gasteiger charge is -2.26. The average Bonchev–Trinajstić information content (AvgIpc) is 2.75. The number of benzene rings is 2. The van der Waals surface area contributed by atoms with Crippen LogP contribution in [-0.4, -0.2) is 66.6 Å². The third kappa shape index (κ3) is 5.60. The smallest absolute Gasteiger partial charge is 0.251 e. The van der Waals surface area contributed by atoms with Crippen LogP contribution in [0.1, 0.15) is 15.9 Å². The molecule has 1 saturated heterocycles. The number of aliphatic hydroxyl groups excluding tert-OH is 1. The van der Waals surface area contributed by atoms with Crippen LogP contribution >= 0.6 is 0 Å². The summed E-state index contributed by atoms with van der Waals surface area (Å²) >= 11 is 0. The third-order valence-corrected chi connectivity index (χ3v) is 4.84. The van der Waals surface area contributed by atoms with Crippen LogP contribution in [0, 0.1) is 0 Å². The maximum absolute atomic E-state index is 12.2. The number of hydrogen-bond acceptors (Lipinski definition) is 6. The van der Waals surface area contributed by atoms with Crippen LogP contribution in [0.3, 0.4) is 0 Å². The van der Waals surface area contributed by atoms with Crippen LogP contribution < -0.4 is 10.8 Å². The van der Waals surface area contributed by atoms with E-state index in [1.54, 1.807) is 12.1 Å². The molecule has 1 aliphatic heterocycles. The molecule has 28 heavy (non-hydrogen) atoms. The second-order valence-corrected chi connectivity index (χ2v) is 6.88. The molecule has 4 N–H and O–H groups in total. The van der Waals surface area contributed by atoms with Gasteiger partial charge in [-0.3, -0.25) is 9.69 Å². The fourth-order valence-electron chi connectivity index (χ4n) is 3.17. The minimum atomic E-state index is -0.545. The zero-order valence-electron chi connectivity index (χ0n) is 15.8. The summed E-state index contributed by atoms with van der Waals surface area (Å²) in [6, 6.07) is 15.3. The molecule has 1 fully saturated rings. The molecular formula is C21H27N3O4. The maximum atomic E-state index is 12.2. The molecule has 1 aliphatic rings. The van der Waals surface area contributed by atoms with Crippen molar-refractivity contribution >= 4 is 5.91 Å². The Hall–Kier alpha value is -2.29. The van der Waals surface area contributed by atoms with E-state index in [1.807, 2.05) is 17.6 Å². The summed E-state index contributed by atoms with van der Waals surface area (Å²) in [5.74, 6) is -0.290. The molecule has 3 rings (SSSR count). The molecular weight excluding hydrogens is 358 g/mol. The van der Waals surface area contributed by atoms with Crippen LogP contribution in [0.5, 0.6) is 0 Å². The molecule has 7 heteroatoms. The molecule has 0 saturated carbocycles. The van der Waals surface area contributed by atoms with Gasteiger partial charge in [0, 0.05) is 31.7 Å². The minimum Gasteiger partial charge on any atom is -0.394 e. The summed E-state index contributed by atoms with van der Waals surface area (Å²) in [6.07, 6.45) is 0. The maximum Gasteiger partial charge on any atom is 0.251 e. The predicted octanol–water partition coefficient (Wildman–Crippen LogP) is 1.26. The Morgan fingerprint density at radius 3 is 2.21 bits per heavy atom. The lowest BCUT2D eigenvalue weighted by atomic mass is 10.0. The van der Waals surface area contributed by atoms with Crippen LogP contribution in [-0.2, 0) is 11.3 Å². The van der Waals surface area contributed by atoms with Crippen molar-refractivity contribution in [1.82, 2.24) is 15.7 Å². The normalized spacial score (nSPS) is 15.9. The summed E-state index contributed by atoms with van der Waals surface area (Å²) < 4.78 is 5.38. The largest absolute Gasteiger partial charge is 0.394 e. The van der Waals surface area contributed by atoms with Crippen molar-refractivity contribution in [3.63, 3.8) is 0 Å². The molecule has 7 nitrogen and oxygen atoms in total. The molecule has 2 aromatic carbocycles. The SMILES string of the molecule is O=C(NC(CO)CNO)c1ccc(-c2ccc(CN3CCOCC3)cc2)cc1. The Balaban J connectivity index is 1.60. The average molecular weight is 385 g/mol. The number of rotatable bonds is 8. The lowest BCUT2D eigenvalue weighted by molar-refractivity contribution is 0.0342. The van der Waals surface area contributed by atoms with Crippen molar-refractivity contribution in [2.24, 2.45) is 0 Å². The topological polar surface area (TPSA) is 94.1 Å². The van der Waals surface area contributed by atoms with Gasteiger partial charge >= 0.3 is 0 Å². The monoisotopic (exact) mass is 385 g/mol. The molecule has 0 spiro atoms. The number of ether oxygens (including phenoxy) is 1. The lowest BCUT2D eigenvalue weighted by Crippen LogP contribution is -2.43. The minimum absolute atomic E-state index is 0.0805. The van der Waals surface area contributed by atoms with Gasteiger partial charge in [0.15, 0.2) is 0 Å². The third-order valence-electron chi connectivity index (χ3n) is 4.84. The molecule has 1 amide bonds. The molecule has 1 heterocycles. The molecule has 150 valence electrons. The van der Waals surface area contributed by atoms with Crippen LogP contribution in [0.2, 0.25) is 0 Å². The zero-order valence-corrected chi connectivity index (χ0v) is 15.8. The van der Waals surface area contributed by atoms with Crippen LogP contribution in [0.4, 0.5) is 0 Å². The van der Waals surface area contributed by atoms with E-state index in [4.69, 9.17) is 9.94 Å². The van der Waals surface area contributed by atoms with E-state index < -0.39 is 6.04 Å². The number of carbonyl (C=O) groups is 1. The summed E-state index contributed by atoms with van der Waals surface area (Å²) in [4.78, 5) is 14.6. The molecule has 1 atom stereocenters. The molecule has 0 aliphatic carbocycles. The molecule has 2 aromatic rings. The molecule has 0 aromatic heterocycles. The van der Waals surface area contributed by atoms with Gasteiger partial charge in [0.05, 0.1) is 25.9 Å². The van der Waals surface area contributed by atoms with E-state index in [1.165, 1.54) is 5.56 Å². The van der Waals surface area contributed by atoms with Crippen molar-refractivity contribution in [1.29, 1.82) is 0 Å². The van der Waals surface area contributed by atoms with E-state index in [2.05, 4.69) is 34.5 Å². The van der Waals surface area contributed by atoms with Crippen molar-refractivity contribution in [2.75, 3.05) is 39.5 Å². The fourth-order valence-corrected chi connectivity index (χ4v) is 3.17. The number of nitrogens with one attached hydrogen (secondary N) is 2. The second kappa shape index (κ2) is 10.3. The Labute approximate surface area is 164 Å². The molecule has 0 radical (unpaired) electrons. The number of aliphatic hydroxyl groups is 1. The van der Waals surface area contributed by atoms with Crippen molar-refractivity contribution < 1.29 is 19.8 Å². The highest BCUT2D eigenvalue weighted by Gasteiger charge is 2.13. The number of amides is 1. The van der Waals surface area contributed by atoms with Gasteiger partial charge in [0.2, 0.25) is 0 Å². The summed E-state index contributed by atoms with van der Waals surface area (Å²) in [5, 5.41) is 20.6. The van der Waals surface area contributed by atoms with E-state index in [0.29, 0.717) is 5.56 Å². The van der Waals surface area contributed by atoms with Crippen molar-refractivity contribution in [3.8, 4) is 11.1 Å². The van der Waals surface area contributed by atoms with Gasteiger partial charge in [0.1, 0.15) is 0 Å². The summed E-state index contributed by atoms with van der Waals surface area (Å²) in [6.45, 7) is 4.29. The molecule has 0 bridgehead atoms. The van der Waals surface area contributed by atoms with Gasteiger partial charge in [-0.1, -0.05) is 36.4 Å². The highest BCUT2D eigenvalue weighted by Crippen LogP contribution is 2.21. The first-order valence-corrected chi connectivity index (χ1v) is 9.48. The van der Waals surface area contributed by atoms with Gasteiger partial charge in [0.25, 0.3) is 5.91 Å². The quantitative estimate of drug-likeness (QED) is 0.511. The highest BCUT2D eigenvalue weighted by atomic mass is 16.5. The van der Waals surface area contributed by atoms with E-state index in [-0.39, 0.29) is 19.1 Å². The van der Waals surface area contributed by atoms with E-state index in [9.17, 15) is 9.90 Å². The number of carbonyl (C=O) groups excluding carboxylic acids is 1. The van der Waals surface area contributed by atoms with Gasteiger partial charge in [-0.2, -0.15) is 0 Å². The highest BCUT2D eigenvalue weighted by molar-refractivity contribution is 5.94. The van der Waals surface area contributed by atoms with Gasteiger partial charge in [-0.25, -0.2) is 5.48 Å². The Kier molecular flexibility index (Phi) is 7.53. The van der Waals surface area contributed by atoms with Crippen molar-refractivity contribution in [3.05, 3.63) is 59.7 Å². The number of morpholine rings is 1. The first-order valence-electron chi connectivity index (χ1n) is 9.48. The summed E-state index contributed by atoms with van der Waals surface area (Å²) in [7, 11) is 0. The second-order valence-electron chi connectivity index (χ2n) is 6.88. The Bertz CT molecular complexity index is 743. The number of hydrogen-bond donors (Lipinski definition) is 4. The first kappa shape index (κ1) is 20.4. The van der Waals surface area contributed by atoms with Crippen molar-refractivity contribution in [2.45, 2.75) is 12.6 Å². The van der Waals surface area contributed by atoms with E-state index >= 15 is 0 Å². The van der Waals surface area contributed by atoms with Gasteiger partial charge in [-0.15, -0.1) is 0 Å². The predicted molar refractivity (Wildman–Crippen MR) is 106 cm³/mol. The van der Waals surface area contributed by atoms with Gasteiger partial charge in [-0.05, 0) is 28.8 Å². The standard InChI is InChI=1S/C21H27N3O4/c25-15-20(13-22-27)23-21(26)19-7-5-18(6-8-19)17-3-1-16(2-4-17)14-24-9-11-28-12-10-24/h1-8,20,22,25,27H,9-15H2,(H,23,26). The van der Waals surface area contributed by atoms with Crippen LogP contribution in [0.15, 0.2) is 48.5 Å². The zero-order chi connectivity index (χ0) is 19.8. The Morgan fingerprint density at radius 1 is 1.04 bits per heavy atom. The van der Waals surface area contributed by atoms with Crippen LogP contribution in [0.25, 0.3) is 11.1 Å². The molecule has 1 unspecified atom stereocenters. The summed E-state index contributed by atoms with van der Waals surface area (Å²) in [5.41, 5.74) is 5.85. The number of hydroxylamine groups is 1. The number of nitrogens with zero attached hydrogens (tertiary/aromatic N) is 1.